The largest absolute Gasteiger partial charge is 0.411 e. The maximum Gasteiger partial charge on any atom is 0.0879 e. The van der Waals surface area contributed by atoms with Gasteiger partial charge in [0.25, 0.3) is 0 Å². The fraction of sp³-hybridized carbons (Fsp3) is 0.591. The van der Waals surface area contributed by atoms with Crippen LogP contribution in [0, 0.1) is 24.7 Å². The van der Waals surface area contributed by atoms with Crippen LogP contribution in [-0.2, 0) is 5.41 Å². The van der Waals surface area contributed by atoms with Gasteiger partial charge in [-0.25, -0.2) is 0 Å². The molecule has 0 radical (unpaired) electrons. The molecule has 1 aliphatic heterocycles. The van der Waals surface area contributed by atoms with Crippen molar-refractivity contribution in [1.29, 1.82) is 0 Å². The molecule has 4 aliphatic rings. The summed E-state index contributed by atoms with van der Waals surface area (Å²) in [5.74, 6) is 2.61. The van der Waals surface area contributed by atoms with Crippen LogP contribution in [0.15, 0.2) is 35.5 Å². The summed E-state index contributed by atoms with van der Waals surface area (Å²) in [5, 5.41) is 13.1. The van der Waals surface area contributed by atoms with Gasteiger partial charge < -0.3 is 10.1 Å². The number of piperidine rings is 1. The molecule has 25 heavy (non-hydrogen) atoms. The SMILES string of the molecule is Cc1ccc2c(c1)/C(=N/O)CC21CCN(CC2C[C@H]3C=C[C@H]2C3)CC1.[HH]. The monoisotopic (exact) mass is 338 g/mol. The highest BCUT2D eigenvalue weighted by Crippen LogP contribution is 2.48. The molecular weight excluding hydrogens is 308 g/mol. The Morgan fingerprint density at radius 1 is 1.24 bits per heavy atom. The van der Waals surface area contributed by atoms with Crippen LogP contribution in [0.25, 0.3) is 0 Å². The van der Waals surface area contributed by atoms with E-state index in [1.807, 2.05) is 0 Å². The van der Waals surface area contributed by atoms with E-state index >= 15 is 0 Å². The summed E-state index contributed by atoms with van der Waals surface area (Å²) >= 11 is 0. The van der Waals surface area contributed by atoms with Gasteiger partial charge >= 0.3 is 0 Å². The number of benzene rings is 1. The highest BCUT2D eigenvalue weighted by molar-refractivity contribution is 6.06. The number of likely N-dealkylation sites (tertiary alicyclic amines) is 1. The van der Waals surface area contributed by atoms with Gasteiger partial charge in [-0.05, 0) is 75.1 Å². The van der Waals surface area contributed by atoms with Crippen molar-refractivity contribution in [2.75, 3.05) is 19.6 Å². The highest BCUT2D eigenvalue weighted by Gasteiger charge is 2.45. The molecule has 1 saturated heterocycles. The summed E-state index contributed by atoms with van der Waals surface area (Å²) in [6.45, 7) is 5.77. The molecule has 1 heterocycles. The predicted molar refractivity (Wildman–Crippen MR) is 102 cm³/mol. The van der Waals surface area contributed by atoms with Gasteiger partial charge in [-0.15, -0.1) is 0 Å². The number of hydrogen-bond donors (Lipinski definition) is 1. The Hall–Kier alpha value is -1.61. The van der Waals surface area contributed by atoms with Gasteiger partial charge in [0, 0.05) is 25.4 Å². The average molecular weight is 338 g/mol. The van der Waals surface area contributed by atoms with E-state index < -0.39 is 0 Å². The molecule has 5 rings (SSSR count). The Labute approximate surface area is 151 Å². The van der Waals surface area contributed by atoms with Gasteiger partial charge in [0.1, 0.15) is 0 Å². The smallest absolute Gasteiger partial charge is 0.0879 e. The van der Waals surface area contributed by atoms with Gasteiger partial charge in [0.2, 0.25) is 0 Å². The molecule has 1 saturated carbocycles. The Bertz CT molecular complexity index is 749. The number of nitrogens with zero attached hydrogens (tertiary/aromatic N) is 2. The van der Waals surface area contributed by atoms with Crippen LogP contribution < -0.4 is 0 Å². The zero-order valence-corrected chi connectivity index (χ0v) is 15.1. The molecule has 2 fully saturated rings. The van der Waals surface area contributed by atoms with Gasteiger partial charge in [-0.1, -0.05) is 35.0 Å². The topological polar surface area (TPSA) is 35.8 Å². The van der Waals surface area contributed by atoms with Crippen molar-refractivity contribution in [3.05, 3.63) is 47.0 Å². The summed E-state index contributed by atoms with van der Waals surface area (Å²) in [7, 11) is 0. The fourth-order valence-corrected chi connectivity index (χ4v) is 6.01. The van der Waals surface area contributed by atoms with Crippen molar-refractivity contribution in [3.63, 3.8) is 0 Å². The highest BCUT2D eigenvalue weighted by atomic mass is 16.4. The van der Waals surface area contributed by atoms with Crippen LogP contribution in [0.1, 0.15) is 50.2 Å². The molecule has 3 aliphatic carbocycles. The second-order valence-corrected chi connectivity index (χ2v) is 8.89. The van der Waals surface area contributed by atoms with E-state index in [1.165, 1.54) is 62.0 Å². The Morgan fingerprint density at radius 3 is 2.76 bits per heavy atom. The lowest BCUT2D eigenvalue weighted by Crippen LogP contribution is -2.44. The van der Waals surface area contributed by atoms with Gasteiger partial charge in [-0.2, -0.15) is 0 Å². The maximum absolute atomic E-state index is 9.49. The van der Waals surface area contributed by atoms with Crippen molar-refractivity contribution in [1.82, 2.24) is 4.90 Å². The zero-order chi connectivity index (χ0) is 17.0. The normalized spacial score (nSPS) is 34.3. The molecule has 3 heteroatoms. The predicted octanol–water partition coefficient (Wildman–Crippen LogP) is 4.37. The summed E-state index contributed by atoms with van der Waals surface area (Å²) < 4.78 is 0. The van der Waals surface area contributed by atoms with Crippen LogP contribution in [0.3, 0.4) is 0 Å². The molecule has 1 spiro atoms. The molecule has 2 bridgehead atoms. The van der Waals surface area contributed by atoms with Gasteiger partial charge in [0.05, 0.1) is 5.71 Å². The molecule has 1 aromatic carbocycles. The minimum absolute atomic E-state index is 0. The lowest BCUT2D eigenvalue weighted by atomic mass is 9.73. The summed E-state index contributed by atoms with van der Waals surface area (Å²) in [5.41, 5.74) is 4.96. The second-order valence-electron chi connectivity index (χ2n) is 8.89. The number of rotatable bonds is 2. The van der Waals surface area contributed by atoms with E-state index in [-0.39, 0.29) is 6.84 Å². The van der Waals surface area contributed by atoms with Crippen LogP contribution in [0.4, 0.5) is 0 Å². The lowest BCUT2D eigenvalue weighted by Gasteiger charge is -2.41. The summed E-state index contributed by atoms with van der Waals surface area (Å²) in [4.78, 5) is 2.70. The van der Waals surface area contributed by atoms with Crippen LogP contribution >= 0.6 is 0 Å². The minimum atomic E-state index is 0. The molecule has 0 aromatic heterocycles. The number of hydrogen-bond acceptors (Lipinski definition) is 3. The number of aryl methyl sites for hydroxylation is 1. The first-order chi connectivity index (χ1) is 12.2. The quantitative estimate of drug-likeness (QED) is 0.494. The van der Waals surface area contributed by atoms with Gasteiger partial charge in [0.15, 0.2) is 0 Å². The first-order valence-electron chi connectivity index (χ1n) is 9.90. The lowest BCUT2D eigenvalue weighted by molar-refractivity contribution is 0.137. The van der Waals surface area contributed by atoms with E-state index in [2.05, 4.69) is 47.3 Å². The molecule has 1 N–H and O–H groups in total. The second kappa shape index (κ2) is 5.70. The third-order valence-electron chi connectivity index (χ3n) is 7.41. The van der Waals surface area contributed by atoms with Gasteiger partial charge in [-0.3, -0.25) is 0 Å². The molecule has 3 nitrogen and oxygen atoms in total. The molecule has 134 valence electrons. The third kappa shape index (κ3) is 2.47. The van der Waals surface area contributed by atoms with E-state index in [4.69, 9.17) is 0 Å². The van der Waals surface area contributed by atoms with E-state index in [0.717, 1.165) is 29.9 Å². The number of oxime groups is 1. The minimum Gasteiger partial charge on any atom is -0.411 e. The van der Waals surface area contributed by atoms with E-state index in [0.29, 0.717) is 0 Å². The van der Waals surface area contributed by atoms with Crippen LogP contribution in [0.5, 0.6) is 0 Å². The molecule has 0 amide bonds. The van der Waals surface area contributed by atoms with Crippen molar-refractivity contribution in [3.8, 4) is 0 Å². The standard InChI is InChI=1S/C22H28N2O.H2/c1-15-2-5-20-19(10-15)21(23-25)13-22(20)6-8-24(9-7-22)14-18-12-16-3-4-17(18)11-16;/h2-5,10,16-18,25H,6-9,11-14H2,1H3;1H/b23-21+;/t16-,17-,18?;/m0./s1. The fourth-order valence-electron chi connectivity index (χ4n) is 6.01. The van der Waals surface area contributed by atoms with Crippen molar-refractivity contribution in [2.24, 2.45) is 22.9 Å². The molecule has 3 atom stereocenters. The zero-order valence-electron chi connectivity index (χ0n) is 15.1. The third-order valence-corrected chi connectivity index (χ3v) is 7.41. The maximum atomic E-state index is 9.49. The van der Waals surface area contributed by atoms with E-state index in [9.17, 15) is 5.21 Å². The first-order valence-corrected chi connectivity index (χ1v) is 9.90. The number of allylic oxidation sites excluding steroid dienone is 2. The molecule has 1 aromatic rings. The first kappa shape index (κ1) is 15.6. The summed E-state index contributed by atoms with van der Waals surface area (Å²) in [6, 6.07) is 6.71. The Balaban J connectivity index is 0.00000168. The van der Waals surface area contributed by atoms with Crippen LogP contribution in [-0.4, -0.2) is 35.5 Å². The molecule has 1 unspecified atom stereocenters. The van der Waals surface area contributed by atoms with Crippen LogP contribution in [0.2, 0.25) is 0 Å². The average Bonchev–Trinajstić information content (AvgIpc) is 3.31. The van der Waals surface area contributed by atoms with Crippen molar-refractivity contribution in [2.45, 2.75) is 44.4 Å². The van der Waals surface area contributed by atoms with Crippen molar-refractivity contribution < 1.29 is 6.63 Å². The van der Waals surface area contributed by atoms with E-state index in [1.54, 1.807) is 0 Å². The number of fused-ring (bicyclic) bond motifs is 4. The Kier molecular flexibility index (Phi) is 3.56. The molecular formula is C22H30N2O. The Morgan fingerprint density at radius 2 is 2.08 bits per heavy atom. The van der Waals surface area contributed by atoms with Crippen molar-refractivity contribution >= 4 is 5.71 Å². The summed E-state index contributed by atoms with van der Waals surface area (Å²) in [6.07, 6.45) is 11.0.